The van der Waals surface area contributed by atoms with Crippen LogP contribution in [-0.2, 0) is 14.3 Å². The minimum absolute atomic E-state index is 0.0114. The number of halogens is 2. The van der Waals surface area contributed by atoms with E-state index in [2.05, 4.69) is 10.3 Å². The molecule has 0 unspecified atom stereocenters. The zero-order valence-electron chi connectivity index (χ0n) is 18.1. The van der Waals surface area contributed by atoms with E-state index in [0.29, 0.717) is 24.5 Å². The third-order valence-electron chi connectivity index (χ3n) is 5.35. The van der Waals surface area contributed by atoms with Gasteiger partial charge in [-0.2, -0.15) is 0 Å². The molecule has 2 amide bonds. The Hall–Kier alpha value is -3.23. The number of nitrogens with zero attached hydrogens (tertiary/aromatic N) is 3. The van der Waals surface area contributed by atoms with Crippen LogP contribution in [0.4, 0.5) is 10.3 Å². The van der Waals surface area contributed by atoms with Gasteiger partial charge in [0.25, 0.3) is 0 Å². The molecule has 9 heteroatoms. The number of nitrogens with one attached hydrogen (secondary N) is 1. The van der Waals surface area contributed by atoms with Gasteiger partial charge >= 0.3 is 0 Å². The molecule has 3 aromatic rings. The topological polar surface area (TPSA) is 76.5 Å². The molecule has 1 N–H and O–H groups in total. The Kier molecular flexibility index (Phi) is 7.05. The maximum atomic E-state index is 13.7. The minimum Gasteiger partial charge on any atom is -0.383 e. The Morgan fingerprint density at radius 3 is 2.67 bits per heavy atom. The Morgan fingerprint density at radius 1 is 1.24 bits per heavy atom. The number of imidazole rings is 1. The summed E-state index contributed by atoms with van der Waals surface area (Å²) in [5, 5.41) is 2.75. The first-order valence-corrected chi connectivity index (χ1v) is 11.0. The van der Waals surface area contributed by atoms with E-state index in [4.69, 9.17) is 16.3 Å². The van der Waals surface area contributed by atoms with Crippen molar-refractivity contribution in [3.63, 3.8) is 0 Å². The van der Waals surface area contributed by atoms with Crippen LogP contribution in [-0.4, -0.2) is 53.1 Å². The number of aromatic nitrogens is 2. The van der Waals surface area contributed by atoms with Crippen molar-refractivity contribution in [3.8, 4) is 16.9 Å². The van der Waals surface area contributed by atoms with Crippen molar-refractivity contribution in [2.75, 3.05) is 32.1 Å². The summed E-state index contributed by atoms with van der Waals surface area (Å²) < 4.78 is 20.4. The summed E-state index contributed by atoms with van der Waals surface area (Å²) in [5.41, 5.74) is 2.01. The highest BCUT2D eigenvalue weighted by Crippen LogP contribution is 2.31. The summed E-state index contributed by atoms with van der Waals surface area (Å²) in [4.78, 5) is 31.6. The van der Waals surface area contributed by atoms with Crippen molar-refractivity contribution in [2.45, 2.75) is 12.8 Å². The molecule has 33 heavy (non-hydrogen) atoms. The molecule has 1 aromatic heterocycles. The lowest BCUT2D eigenvalue weighted by Gasteiger charge is -2.21. The molecule has 1 heterocycles. The van der Waals surface area contributed by atoms with Gasteiger partial charge in [0, 0.05) is 31.3 Å². The fourth-order valence-corrected chi connectivity index (χ4v) is 3.62. The van der Waals surface area contributed by atoms with Crippen LogP contribution in [0.2, 0.25) is 5.02 Å². The largest absolute Gasteiger partial charge is 0.383 e. The van der Waals surface area contributed by atoms with Crippen molar-refractivity contribution in [3.05, 3.63) is 65.6 Å². The maximum absolute atomic E-state index is 13.7. The van der Waals surface area contributed by atoms with Crippen LogP contribution in [0, 0.1) is 11.7 Å². The lowest BCUT2D eigenvalue weighted by atomic mass is 10.2. The Morgan fingerprint density at radius 2 is 2.00 bits per heavy atom. The zero-order chi connectivity index (χ0) is 23.4. The Bertz CT molecular complexity index is 1150. The first-order valence-electron chi connectivity index (χ1n) is 10.6. The number of carbonyl (C=O) groups is 2. The van der Waals surface area contributed by atoms with Gasteiger partial charge in [-0.25, -0.2) is 9.37 Å². The Labute approximate surface area is 196 Å². The van der Waals surface area contributed by atoms with Gasteiger partial charge < -0.3 is 9.64 Å². The first kappa shape index (κ1) is 22.9. The molecular weight excluding hydrogens is 447 g/mol. The summed E-state index contributed by atoms with van der Waals surface area (Å²) in [6.07, 6.45) is 3.44. The number of benzene rings is 2. The molecule has 1 aliphatic rings. The number of rotatable bonds is 9. The minimum atomic E-state index is -0.540. The van der Waals surface area contributed by atoms with Gasteiger partial charge in [0.1, 0.15) is 12.4 Å². The van der Waals surface area contributed by atoms with Crippen LogP contribution in [0.3, 0.4) is 0 Å². The number of hydrogen-bond donors (Lipinski definition) is 1. The predicted octanol–water partition coefficient (Wildman–Crippen LogP) is 4.16. The lowest BCUT2D eigenvalue weighted by Crippen LogP contribution is -2.41. The van der Waals surface area contributed by atoms with E-state index in [1.807, 2.05) is 30.3 Å². The Balaban J connectivity index is 1.60. The number of carbonyl (C=O) groups excluding carboxylic acids is 2. The van der Waals surface area contributed by atoms with E-state index >= 15 is 0 Å². The van der Waals surface area contributed by atoms with Gasteiger partial charge in [-0.05, 0) is 31.0 Å². The van der Waals surface area contributed by atoms with Crippen LogP contribution in [0.1, 0.15) is 12.8 Å². The second-order valence-corrected chi connectivity index (χ2v) is 8.27. The molecule has 0 atom stereocenters. The van der Waals surface area contributed by atoms with E-state index in [9.17, 15) is 14.0 Å². The van der Waals surface area contributed by atoms with Crippen LogP contribution in [0.25, 0.3) is 16.9 Å². The highest BCUT2D eigenvalue weighted by atomic mass is 35.5. The van der Waals surface area contributed by atoms with Crippen molar-refractivity contribution in [1.29, 1.82) is 0 Å². The summed E-state index contributed by atoms with van der Waals surface area (Å²) >= 11 is 5.98. The van der Waals surface area contributed by atoms with Crippen LogP contribution in [0.15, 0.2) is 54.7 Å². The summed E-state index contributed by atoms with van der Waals surface area (Å²) in [7, 11) is 1.55. The quantitative estimate of drug-likeness (QED) is 0.509. The van der Waals surface area contributed by atoms with Gasteiger partial charge in [-0.15, -0.1) is 0 Å². The molecule has 172 valence electrons. The molecule has 0 aliphatic heterocycles. The van der Waals surface area contributed by atoms with Gasteiger partial charge in [-0.3, -0.25) is 19.5 Å². The first-order chi connectivity index (χ1) is 16.0. The fourth-order valence-electron chi connectivity index (χ4n) is 3.44. The summed E-state index contributed by atoms with van der Waals surface area (Å²) in [5.74, 6) is -0.739. The second kappa shape index (κ2) is 10.1. The van der Waals surface area contributed by atoms with Crippen LogP contribution in [0.5, 0.6) is 0 Å². The van der Waals surface area contributed by atoms with Gasteiger partial charge in [0.05, 0.1) is 23.0 Å². The SMILES string of the molecule is COCCN(CC(=O)Nc1nc(-c2ccccc2)cn1-c1ccc(F)c(Cl)c1)C(=O)C1CC1. The van der Waals surface area contributed by atoms with E-state index < -0.39 is 5.82 Å². The zero-order valence-corrected chi connectivity index (χ0v) is 18.9. The van der Waals surface area contributed by atoms with Gasteiger partial charge in [-0.1, -0.05) is 41.9 Å². The third kappa shape index (κ3) is 5.58. The summed E-state index contributed by atoms with van der Waals surface area (Å²) in [6, 6.07) is 13.7. The highest BCUT2D eigenvalue weighted by Gasteiger charge is 2.34. The molecular formula is C24H24ClFN4O3. The maximum Gasteiger partial charge on any atom is 0.246 e. The molecule has 0 saturated heterocycles. The average molecular weight is 471 g/mol. The number of ether oxygens (including phenoxy) is 1. The molecule has 0 radical (unpaired) electrons. The van der Waals surface area contributed by atoms with E-state index in [1.165, 1.54) is 17.0 Å². The van der Waals surface area contributed by atoms with Crippen molar-refractivity contribution < 1.29 is 18.7 Å². The van der Waals surface area contributed by atoms with Gasteiger partial charge in [0.2, 0.25) is 17.8 Å². The predicted molar refractivity (Wildman–Crippen MR) is 124 cm³/mol. The van der Waals surface area contributed by atoms with Crippen LogP contribution >= 0.6 is 11.6 Å². The number of anilines is 1. The standard InChI is InChI=1S/C24H24ClFN4O3/c1-33-12-11-29(23(32)17-7-8-17)15-22(31)28-24-27-21(16-5-3-2-4-6-16)14-30(24)18-9-10-20(26)19(25)13-18/h2-6,9-10,13-14,17H,7-8,11-12,15H2,1H3,(H,27,28,31). The number of amides is 2. The molecule has 0 bridgehead atoms. The molecule has 1 fully saturated rings. The normalized spacial score (nSPS) is 13.1. The van der Waals surface area contributed by atoms with Crippen molar-refractivity contribution >= 4 is 29.4 Å². The van der Waals surface area contributed by atoms with Crippen molar-refractivity contribution in [1.82, 2.24) is 14.5 Å². The van der Waals surface area contributed by atoms with Crippen LogP contribution < -0.4 is 5.32 Å². The summed E-state index contributed by atoms with van der Waals surface area (Å²) in [6.45, 7) is 0.555. The smallest absolute Gasteiger partial charge is 0.246 e. The monoisotopic (exact) mass is 470 g/mol. The molecule has 4 rings (SSSR count). The lowest BCUT2D eigenvalue weighted by molar-refractivity contribution is -0.136. The second-order valence-electron chi connectivity index (χ2n) is 7.86. The number of methoxy groups -OCH3 is 1. The molecule has 7 nitrogen and oxygen atoms in total. The third-order valence-corrected chi connectivity index (χ3v) is 5.64. The fraction of sp³-hybridized carbons (Fsp3) is 0.292. The molecule has 1 saturated carbocycles. The van der Waals surface area contributed by atoms with Crippen molar-refractivity contribution in [2.24, 2.45) is 5.92 Å². The molecule has 1 aliphatic carbocycles. The van der Waals surface area contributed by atoms with E-state index in [-0.39, 0.29) is 35.2 Å². The van der Waals surface area contributed by atoms with Gasteiger partial charge in [0.15, 0.2) is 0 Å². The highest BCUT2D eigenvalue weighted by molar-refractivity contribution is 6.30. The van der Waals surface area contributed by atoms with E-state index in [0.717, 1.165) is 18.4 Å². The molecule has 2 aromatic carbocycles. The molecule has 0 spiro atoms. The number of hydrogen-bond acceptors (Lipinski definition) is 4. The average Bonchev–Trinajstić information content (AvgIpc) is 3.59. The van der Waals surface area contributed by atoms with E-state index in [1.54, 1.807) is 23.9 Å².